The molecule has 0 aromatic heterocycles. The van der Waals surface area contributed by atoms with Gasteiger partial charge in [-0.3, -0.25) is 4.79 Å². The predicted molar refractivity (Wildman–Crippen MR) is 102 cm³/mol. The molecule has 0 spiro atoms. The number of esters is 1. The number of nitrogens with two attached hydrogens (primary N) is 2. The molecular formula is C21H20N2O3. The van der Waals surface area contributed by atoms with Crippen LogP contribution in [0.3, 0.4) is 0 Å². The van der Waals surface area contributed by atoms with Gasteiger partial charge in [-0.15, -0.1) is 0 Å². The number of carbonyl (C=O) groups excluding carboxylic acids is 1. The van der Waals surface area contributed by atoms with Crippen molar-refractivity contribution in [3.8, 4) is 11.5 Å². The number of ether oxygens (including phenoxy) is 2. The Bertz CT molecular complexity index is 873. The molecular weight excluding hydrogens is 328 g/mol. The van der Waals surface area contributed by atoms with Crippen LogP contribution < -0.4 is 16.2 Å². The third kappa shape index (κ3) is 3.95. The Hall–Kier alpha value is -3.47. The van der Waals surface area contributed by atoms with Crippen LogP contribution in [0.1, 0.15) is 17.0 Å². The fourth-order valence-electron chi connectivity index (χ4n) is 2.67. The summed E-state index contributed by atoms with van der Waals surface area (Å²) in [4.78, 5) is 12.3. The maximum absolute atomic E-state index is 12.3. The first kappa shape index (κ1) is 17.4. The molecule has 0 aliphatic carbocycles. The van der Waals surface area contributed by atoms with Crippen molar-refractivity contribution in [2.75, 3.05) is 18.6 Å². The van der Waals surface area contributed by atoms with Crippen molar-refractivity contribution in [3.05, 3.63) is 83.9 Å². The van der Waals surface area contributed by atoms with Crippen LogP contribution in [0.25, 0.3) is 0 Å². The molecule has 0 amide bonds. The van der Waals surface area contributed by atoms with Crippen LogP contribution in [0.2, 0.25) is 0 Å². The molecule has 0 saturated heterocycles. The molecule has 0 bridgehead atoms. The van der Waals surface area contributed by atoms with Crippen LogP contribution in [0, 0.1) is 0 Å². The van der Waals surface area contributed by atoms with Crippen LogP contribution in [-0.2, 0) is 9.53 Å². The Balaban J connectivity index is 1.84. The maximum Gasteiger partial charge on any atom is 0.317 e. The van der Waals surface area contributed by atoms with E-state index in [1.807, 2.05) is 36.4 Å². The van der Waals surface area contributed by atoms with Crippen molar-refractivity contribution in [3.63, 3.8) is 0 Å². The average Bonchev–Trinajstić information content (AvgIpc) is 2.66. The second-order valence-electron chi connectivity index (χ2n) is 5.86. The average molecular weight is 348 g/mol. The summed E-state index contributed by atoms with van der Waals surface area (Å²) >= 11 is 0. The largest absolute Gasteiger partial charge is 0.468 e. The van der Waals surface area contributed by atoms with Crippen LogP contribution >= 0.6 is 0 Å². The third-order valence-corrected chi connectivity index (χ3v) is 4.04. The molecule has 0 aliphatic rings. The first-order chi connectivity index (χ1) is 12.6. The Morgan fingerprint density at radius 1 is 0.731 bits per heavy atom. The van der Waals surface area contributed by atoms with Gasteiger partial charge in [0.15, 0.2) is 0 Å². The molecule has 0 saturated carbocycles. The van der Waals surface area contributed by atoms with Crippen molar-refractivity contribution in [1.82, 2.24) is 0 Å². The van der Waals surface area contributed by atoms with Crippen LogP contribution in [-0.4, -0.2) is 13.1 Å². The number of nitrogen functional groups attached to an aromatic ring is 2. The molecule has 0 fully saturated rings. The third-order valence-electron chi connectivity index (χ3n) is 4.04. The van der Waals surface area contributed by atoms with Gasteiger partial charge in [0, 0.05) is 11.4 Å². The lowest BCUT2D eigenvalue weighted by Crippen LogP contribution is -2.15. The minimum atomic E-state index is -0.522. The quantitative estimate of drug-likeness (QED) is 0.538. The van der Waals surface area contributed by atoms with Crippen molar-refractivity contribution >= 4 is 17.3 Å². The van der Waals surface area contributed by atoms with E-state index in [1.165, 1.54) is 7.11 Å². The molecule has 5 nitrogen and oxygen atoms in total. The number of methoxy groups -OCH3 is 1. The van der Waals surface area contributed by atoms with Gasteiger partial charge >= 0.3 is 5.97 Å². The summed E-state index contributed by atoms with van der Waals surface area (Å²) in [6.07, 6.45) is 0. The van der Waals surface area contributed by atoms with Crippen LogP contribution in [0.15, 0.2) is 72.8 Å². The molecule has 0 radical (unpaired) electrons. The standard InChI is InChI=1S/C21H20N2O3/c1-25-21(24)20(14-2-6-16(22)7-3-14)15-4-10-18(11-5-15)26-19-12-8-17(23)9-13-19/h2-13,20H,22-23H2,1H3/t20-/m1/s1. The van der Waals surface area contributed by atoms with E-state index in [-0.39, 0.29) is 5.97 Å². The van der Waals surface area contributed by atoms with E-state index in [1.54, 1.807) is 36.4 Å². The summed E-state index contributed by atoms with van der Waals surface area (Å²) in [6, 6.07) is 21.7. The molecule has 3 aromatic rings. The molecule has 26 heavy (non-hydrogen) atoms. The summed E-state index contributed by atoms with van der Waals surface area (Å²) in [6.45, 7) is 0. The number of rotatable bonds is 5. The van der Waals surface area contributed by atoms with E-state index in [2.05, 4.69) is 0 Å². The fraction of sp³-hybridized carbons (Fsp3) is 0.0952. The first-order valence-corrected chi connectivity index (χ1v) is 8.13. The monoisotopic (exact) mass is 348 g/mol. The van der Waals surface area contributed by atoms with Crippen LogP contribution in [0.5, 0.6) is 11.5 Å². The van der Waals surface area contributed by atoms with Crippen molar-refractivity contribution in [1.29, 1.82) is 0 Å². The van der Waals surface area contributed by atoms with Gasteiger partial charge in [0.1, 0.15) is 17.4 Å². The van der Waals surface area contributed by atoms with Gasteiger partial charge in [0.05, 0.1) is 7.11 Å². The summed E-state index contributed by atoms with van der Waals surface area (Å²) in [5.41, 5.74) is 14.4. The normalized spacial score (nSPS) is 11.6. The number of anilines is 2. The van der Waals surface area contributed by atoms with E-state index in [4.69, 9.17) is 20.9 Å². The highest BCUT2D eigenvalue weighted by Crippen LogP contribution is 2.29. The van der Waals surface area contributed by atoms with E-state index < -0.39 is 5.92 Å². The Kier molecular flexibility index (Phi) is 5.08. The van der Waals surface area contributed by atoms with Crippen molar-refractivity contribution < 1.29 is 14.3 Å². The summed E-state index contributed by atoms with van der Waals surface area (Å²) < 4.78 is 10.8. The molecule has 0 aliphatic heterocycles. The number of carbonyl (C=O) groups is 1. The zero-order valence-electron chi connectivity index (χ0n) is 14.4. The fourth-order valence-corrected chi connectivity index (χ4v) is 2.67. The minimum absolute atomic E-state index is 0.332. The highest BCUT2D eigenvalue weighted by molar-refractivity contribution is 5.82. The lowest BCUT2D eigenvalue weighted by Gasteiger charge is -2.16. The molecule has 1 atom stereocenters. The van der Waals surface area contributed by atoms with Gasteiger partial charge in [-0.2, -0.15) is 0 Å². The molecule has 4 N–H and O–H groups in total. The smallest absolute Gasteiger partial charge is 0.317 e. The minimum Gasteiger partial charge on any atom is -0.468 e. The van der Waals surface area contributed by atoms with Gasteiger partial charge in [-0.05, 0) is 59.7 Å². The molecule has 3 rings (SSSR count). The van der Waals surface area contributed by atoms with Crippen LogP contribution in [0.4, 0.5) is 11.4 Å². The Morgan fingerprint density at radius 3 is 1.58 bits per heavy atom. The maximum atomic E-state index is 12.3. The molecule has 132 valence electrons. The summed E-state index contributed by atoms with van der Waals surface area (Å²) in [5.74, 6) is 0.502. The molecule has 5 heteroatoms. The van der Waals surface area contributed by atoms with E-state index in [9.17, 15) is 4.79 Å². The van der Waals surface area contributed by atoms with E-state index in [0.717, 1.165) is 11.1 Å². The predicted octanol–water partition coefficient (Wildman–Crippen LogP) is 3.95. The SMILES string of the molecule is COC(=O)[C@H](c1ccc(N)cc1)c1ccc(Oc2ccc(N)cc2)cc1. The number of benzene rings is 3. The Morgan fingerprint density at radius 2 is 1.12 bits per heavy atom. The number of hydrogen-bond acceptors (Lipinski definition) is 5. The second-order valence-corrected chi connectivity index (χ2v) is 5.86. The highest BCUT2D eigenvalue weighted by Gasteiger charge is 2.23. The van der Waals surface area contributed by atoms with Gasteiger partial charge in [-0.1, -0.05) is 24.3 Å². The van der Waals surface area contributed by atoms with E-state index >= 15 is 0 Å². The van der Waals surface area contributed by atoms with Gasteiger partial charge in [0.25, 0.3) is 0 Å². The molecule has 0 unspecified atom stereocenters. The van der Waals surface area contributed by atoms with Gasteiger partial charge < -0.3 is 20.9 Å². The summed E-state index contributed by atoms with van der Waals surface area (Å²) in [5, 5.41) is 0. The van der Waals surface area contributed by atoms with Gasteiger partial charge in [-0.25, -0.2) is 0 Å². The number of hydrogen-bond donors (Lipinski definition) is 2. The van der Waals surface area contributed by atoms with Crippen molar-refractivity contribution in [2.24, 2.45) is 0 Å². The highest BCUT2D eigenvalue weighted by atomic mass is 16.5. The molecule has 0 heterocycles. The zero-order valence-corrected chi connectivity index (χ0v) is 14.4. The second kappa shape index (κ2) is 7.61. The lowest BCUT2D eigenvalue weighted by molar-refractivity contribution is -0.141. The van der Waals surface area contributed by atoms with E-state index in [0.29, 0.717) is 22.9 Å². The lowest BCUT2D eigenvalue weighted by atomic mass is 9.91. The zero-order chi connectivity index (χ0) is 18.5. The molecule has 3 aromatic carbocycles. The first-order valence-electron chi connectivity index (χ1n) is 8.13. The topological polar surface area (TPSA) is 87.6 Å². The Labute approximate surface area is 152 Å². The summed E-state index contributed by atoms with van der Waals surface area (Å²) in [7, 11) is 1.38. The van der Waals surface area contributed by atoms with Gasteiger partial charge in [0.2, 0.25) is 0 Å². The van der Waals surface area contributed by atoms with Crippen molar-refractivity contribution in [2.45, 2.75) is 5.92 Å².